The molecule has 1 aromatic carbocycles. The Morgan fingerprint density at radius 3 is 2.58 bits per heavy atom. The van der Waals surface area contributed by atoms with Gasteiger partial charge in [-0.1, -0.05) is 25.3 Å². The highest BCUT2D eigenvalue weighted by Crippen LogP contribution is 2.43. The van der Waals surface area contributed by atoms with Crippen LogP contribution in [0.25, 0.3) is 6.08 Å². The quantitative estimate of drug-likeness (QED) is 0.568. The molecular weight excluding hydrogens is 302 g/mol. The third-order valence-corrected chi connectivity index (χ3v) is 5.50. The standard InChI is InChI=1S/C20H27NO3/c22-18-6-4-14(13-19(18)23)5-7-20(24)21-9-8-17-11-15-2-1-3-16(10-15)12-17/h4-7,13,15-17,22-23H,1-3,8-12H2,(H,21,24)/b7-5+. The summed E-state index contributed by atoms with van der Waals surface area (Å²) in [6, 6.07) is 4.49. The summed E-state index contributed by atoms with van der Waals surface area (Å²) in [5, 5.41) is 21.7. The van der Waals surface area contributed by atoms with Gasteiger partial charge in [-0.3, -0.25) is 4.79 Å². The molecule has 3 N–H and O–H groups in total. The lowest BCUT2D eigenvalue weighted by atomic mass is 9.67. The summed E-state index contributed by atoms with van der Waals surface area (Å²) in [6.07, 6.45) is 12.5. The molecule has 2 fully saturated rings. The predicted molar refractivity (Wildman–Crippen MR) is 94.6 cm³/mol. The SMILES string of the molecule is O=C(/C=C/c1ccc(O)c(O)c1)NCCC1CC2CCCC(C2)C1. The van der Waals surface area contributed by atoms with Crippen molar-refractivity contribution < 1.29 is 15.0 Å². The molecule has 0 saturated heterocycles. The van der Waals surface area contributed by atoms with Gasteiger partial charge in [0.1, 0.15) is 0 Å². The van der Waals surface area contributed by atoms with Gasteiger partial charge in [-0.15, -0.1) is 0 Å². The van der Waals surface area contributed by atoms with Gasteiger partial charge >= 0.3 is 0 Å². The van der Waals surface area contributed by atoms with E-state index in [4.69, 9.17) is 0 Å². The molecule has 2 aliphatic carbocycles. The van der Waals surface area contributed by atoms with Crippen LogP contribution in [0, 0.1) is 17.8 Å². The van der Waals surface area contributed by atoms with Crippen LogP contribution in [0.1, 0.15) is 50.5 Å². The third kappa shape index (κ3) is 4.53. The molecule has 0 radical (unpaired) electrons. The second kappa shape index (κ2) is 7.73. The molecule has 2 saturated carbocycles. The Kier molecular flexibility index (Phi) is 5.44. The van der Waals surface area contributed by atoms with E-state index >= 15 is 0 Å². The van der Waals surface area contributed by atoms with Crippen molar-refractivity contribution in [3.05, 3.63) is 29.8 Å². The Balaban J connectivity index is 1.41. The number of hydrogen-bond donors (Lipinski definition) is 3. The molecule has 0 aromatic heterocycles. The molecule has 1 aromatic rings. The lowest BCUT2D eigenvalue weighted by Gasteiger charge is -2.39. The highest BCUT2D eigenvalue weighted by molar-refractivity contribution is 5.91. The van der Waals surface area contributed by atoms with Crippen LogP contribution in [0.3, 0.4) is 0 Å². The lowest BCUT2D eigenvalue weighted by Crippen LogP contribution is -2.30. The molecule has 4 heteroatoms. The second-order valence-corrected chi connectivity index (χ2v) is 7.40. The van der Waals surface area contributed by atoms with Gasteiger partial charge in [0.2, 0.25) is 5.91 Å². The Labute approximate surface area is 143 Å². The van der Waals surface area contributed by atoms with E-state index in [1.165, 1.54) is 56.7 Å². The third-order valence-electron chi connectivity index (χ3n) is 5.50. The number of amides is 1. The normalized spacial score (nSPS) is 26.4. The number of rotatable bonds is 5. The molecule has 2 bridgehead atoms. The van der Waals surface area contributed by atoms with E-state index in [2.05, 4.69) is 5.32 Å². The number of phenolic OH excluding ortho intramolecular Hbond substituents is 2. The topological polar surface area (TPSA) is 69.6 Å². The number of carbonyl (C=O) groups is 1. The van der Waals surface area contributed by atoms with Gasteiger partial charge in [0.25, 0.3) is 0 Å². The fourth-order valence-corrected chi connectivity index (χ4v) is 4.38. The van der Waals surface area contributed by atoms with E-state index in [0.717, 1.165) is 30.7 Å². The van der Waals surface area contributed by atoms with Crippen molar-refractivity contribution >= 4 is 12.0 Å². The molecule has 2 aliphatic rings. The smallest absolute Gasteiger partial charge is 0.243 e. The van der Waals surface area contributed by atoms with Crippen molar-refractivity contribution in [2.45, 2.75) is 44.9 Å². The second-order valence-electron chi connectivity index (χ2n) is 7.40. The monoisotopic (exact) mass is 329 g/mol. The van der Waals surface area contributed by atoms with E-state index in [1.54, 1.807) is 12.1 Å². The van der Waals surface area contributed by atoms with E-state index in [9.17, 15) is 15.0 Å². The highest BCUT2D eigenvalue weighted by atomic mass is 16.3. The van der Waals surface area contributed by atoms with Crippen molar-refractivity contribution in [1.82, 2.24) is 5.32 Å². The molecule has 0 spiro atoms. The summed E-state index contributed by atoms with van der Waals surface area (Å²) < 4.78 is 0. The molecule has 0 aliphatic heterocycles. The number of phenols is 2. The summed E-state index contributed by atoms with van der Waals surface area (Å²) in [5.41, 5.74) is 0.681. The molecule has 4 nitrogen and oxygen atoms in total. The first-order chi connectivity index (χ1) is 11.6. The lowest BCUT2D eigenvalue weighted by molar-refractivity contribution is -0.116. The maximum absolute atomic E-state index is 11.9. The maximum Gasteiger partial charge on any atom is 0.243 e. The van der Waals surface area contributed by atoms with Gasteiger partial charge in [-0.2, -0.15) is 0 Å². The van der Waals surface area contributed by atoms with Gasteiger partial charge in [0.05, 0.1) is 0 Å². The number of hydrogen-bond acceptors (Lipinski definition) is 3. The molecule has 2 unspecified atom stereocenters. The highest BCUT2D eigenvalue weighted by Gasteiger charge is 2.31. The van der Waals surface area contributed by atoms with E-state index < -0.39 is 0 Å². The Hall–Kier alpha value is -1.97. The Bertz CT molecular complexity index is 599. The summed E-state index contributed by atoms with van der Waals surface area (Å²) in [7, 11) is 0. The average Bonchev–Trinajstić information content (AvgIpc) is 2.56. The first-order valence-electron chi connectivity index (χ1n) is 9.08. The molecule has 24 heavy (non-hydrogen) atoms. The van der Waals surface area contributed by atoms with Crippen LogP contribution in [-0.2, 0) is 4.79 Å². The van der Waals surface area contributed by atoms with Crippen LogP contribution in [0.2, 0.25) is 0 Å². The van der Waals surface area contributed by atoms with Crippen LogP contribution in [0.5, 0.6) is 11.5 Å². The first kappa shape index (κ1) is 16.9. The molecule has 0 heterocycles. The van der Waals surface area contributed by atoms with Crippen LogP contribution in [-0.4, -0.2) is 22.7 Å². The first-order valence-corrected chi connectivity index (χ1v) is 9.08. The summed E-state index contributed by atoms with van der Waals surface area (Å²) >= 11 is 0. The maximum atomic E-state index is 11.9. The number of carbonyl (C=O) groups excluding carboxylic acids is 1. The number of aromatic hydroxyl groups is 2. The zero-order valence-corrected chi connectivity index (χ0v) is 14.1. The van der Waals surface area contributed by atoms with Gasteiger partial charge in [0.15, 0.2) is 11.5 Å². The van der Waals surface area contributed by atoms with E-state index in [0.29, 0.717) is 5.56 Å². The number of nitrogens with one attached hydrogen (secondary N) is 1. The van der Waals surface area contributed by atoms with Crippen molar-refractivity contribution in [3.63, 3.8) is 0 Å². The van der Waals surface area contributed by atoms with Crippen molar-refractivity contribution in [3.8, 4) is 11.5 Å². The molecule has 130 valence electrons. The average molecular weight is 329 g/mol. The predicted octanol–water partition coefficient (Wildman–Crippen LogP) is 3.83. The zero-order chi connectivity index (χ0) is 16.9. The minimum atomic E-state index is -0.180. The van der Waals surface area contributed by atoms with E-state index in [-0.39, 0.29) is 17.4 Å². The number of benzene rings is 1. The van der Waals surface area contributed by atoms with Crippen molar-refractivity contribution in [2.75, 3.05) is 6.54 Å². The van der Waals surface area contributed by atoms with Gasteiger partial charge in [-0.25, -0.2) is 0 Å². The number of fused-ring (bicyclic) bond motifs is 2. The molecular formula is C20H27NO3. The largest absolute Gasteiger partial charge is 0.504 e. The molecule has 3 rings (SSSR count). The van der Waals surface area contributed by atoms with Gasteiger partial charge < -0.3 is 15.5 Å². The Morgan fingerprint density at radius 1 is 1.12 bits per heavy atom. The van der Waals surface area contributed by atoms with Crippen LogP contribution >= 0.6 is 0 Å². The van der Waals surface area contributed by atoms with Crippen LogP contribution in [0.15, 0.2) is 24.3 Å². The Morgan fingerprint density at radius 2 is 1.88 bits per heavy atom. The van der Waals surface area contributed by atoms with Gasteiger partial charge in [0, 0.05) is 12.6 Å². The molecule has 1 amide bonds. The van der Waals surface area contributed by atoms with Crippen molar-refractivity contribution in [1.29, 1.82) is 0 Å². The van der Waals surface area contributed by atoms with Gasteiger partial charge in [-0.05, 0) is 67.2 Å². The van der Waals surface area contributed by atoms with Crippen LogP contribution in [0.4, 0.5) is 0 Å². The minimum absolute atomic E-state index is 0.112. The summed E-state index contributed by atoms with van der Waals surface area (Å²) in [5.74, 6) is 2.18. The van der Waals surface area contributed by atoms with Crippen LogP contribution < -0.4 is 5.32 Å². The fraction of sp³-hybridized carbons (Fsp3) is 0.550. The van der Waals surface area contributed by atoms with E-state index in [1.807, 2.05) is 0 Å². The summed E-state index contributed by atoms with van der Waals surface area (Å²) in [6.45, 7) is 0.730. The zero-order valence-electron chi connectivity index (χ0n) is 14.1. The fourth-order valence-electron chi connectivity index (χ4n) is 4.38. The van der Waals surface area contributed by atoms with Crippen molar-refractivity contribution in [2.24, 2.45) is 17.8 Å². The summed E-state index contributed by atoms with van der Waals surface area (Å²) in [4.78, 5) is 11.9. The molecule has 2 atom stereocenters. The minimum Gasteiger partial charge on any atom is -0.504 e.